The Kier molecular flexibility index (Phi) is 6.10. The summed E-state index contributed by atoms with van der Waals surface area (Å²) in [5.74, 6) is -1.88. The van der Waals surface area contributed by atoms with Crippen molar-refractivity contribution in [1.29, 1.82) is 0 Å². The minimum absolute atomic E-state index is 0.0208. The summed E-state index contributed by atoms with van der Waals surface area (Å²) in [6.07, 6.45) is 1.84. The summed E-state index contributed by atoms with van der Waals surface area (Å²) in [4.78, 5) is 14.4. The Morgan fingerprint density at radius 1 is 1.33 bits per heavy atom. The van der Waals surface area contributed by atoms with Crippen LogP contribution in [0.25, 0.3) is 0 Å². The van der Waals surface area contributed by atoms with E-state index in [4.69, 9.17) is 5.11 Å². The molecule has 0 spiro atoms. The first-order valence-corrected chi connectivity index (χ1v) is 10.5. The number of thiazole rings is 1. The molecule has 0 bridgehead atoms. The van der Waals surface area contributed by atoms with E-state index in [-0.39, 0.29) is 11.6 Å². The summed E-state index contributed by atoms with van der Waals surface area (Å²) in [5, 5.41) is 10.3. The van der Waals surface area contributed by atoms with E-state index in [2.05, 4.69) is 9.71 Å². The molecule has 8 nitrogen and oxygen atoms in total. The Balaban J connectivity index is 2.55. The van der Waals surface area contributed by atoms with Crippen molar-refractivity contribution in [2.24, 2.45) is 0 Å². The number of sulfonamides is 1. The van der Waals surface area contributed by atoms with Gasteiger partial charge in [-0.15, -0.1) is 11.3 Å². The average molecular weight is 356 g/mol. The van der Waals surface area contributed by atoms with Crippen molar-refractivity contribution in [3.8, 4) is 0 Å². The highest BCUT2D eigenvalue weighted by Crippen LogP contribution is 2.18. The standard InChI is InChI=1S/C10H16N2O6S3/c1-20(15,16)5-6-21(17,18)12-10-11-8(7-19-10)3-2-4-9(13)14/h7H,2-6H2,1H3,(H,11,12)(H,13,14). The van der Waals surface area contributed by atoms with Gasteiger partial charge in [0.15, 0.2) is 5.13 Å². The predicted molar refractivity (Wildman–Crippen MR) is 79.8 cm³/mol. The largest absolute Gasteiger partial charge is 0.481 e. The lowest BCUT2D eigenvalue weighted by Crippen LogP contribution is -2.22. The van der Waals surface area contributed by atoms with Gasteiger partial charge in [0.2, 0.25) is 10.0 Å². The molecular formula is C10H16N2O6S3. The van der Waals surface area contributed by atoms with Gasteiger partial charge in [0, 0.05) is 18.1 Å². The molecule has 11 heteroatoms. The zero-order valence-electron chi connectivity index (χ0n) is 11.3. The van der Waals surface area contributed by atoms with Gasteiger partial charge in [0.25, 0.3) is 0 Å². The second kappa shape index (κ2) is 7.18. The second-order valence-electron chi connectivity index (χ2n) is 4.44. The topological polar surface area (TPSA) is 130 Å². The third-order valence-corrected chi connectivity index (χ3v) is 5.73. The number of anilines is 1. The van der Waals surface area contributed by atoms with Crippen LogP contribution in [0, 0.1) is 0 Å². The lowest BCUT2D eigenvalue weighted by atomic mass is 10.2. The van der Waals surface area contributed by atoms with Crippen LogP contribution < -0.4 is 4.72 Å². The van der Waals surface area contributed by atoms with Crippen LogP contribution >= 0.6 is 11.3 Å². The number of nitrogens with one attached hydrogen (secondary N) is 1. The van der Waals surface area contributed by atoms with Gasteiger partial charge >= 0.3 is 5.97 Å². The summed E-state index contributed by atoms with van der Waals surface area (Å²) in [6, 6.07) is 0. The first-order chi connectivity index (χ1) is 9.57. The highest BCUT2D eigenvalue weighted by Gasteiger charge is 2.16. The number of aromatic nitrogens is 1. The number of rotatable bonds is 9. The summed E-state index contributed by atoms with van der Waals surface area (Å²) in [6.45, 7) is 0. The fraction of sp³-hybridized carbons (Fsp3) is 0.600. The zero-order valence-corrected chi connectivity index (χ0v) is 13.7. The molecule has 0 atom stereocenters. The van der Waals surface area contributed by atoms with E-state index in [0.29, 0.717) is 18.5 Å². The SMILES string of the molecule is CS(=O)(=O)CCS(=O)(=O)Nc1nc(CCCC(=O)O)cs1. The number of sulfone groups is 1. The van der Waals surface area contributed by atoms with Crippen molar-refractivity contribution in [3.05, 3.63) is 11.1 Å². The maximum absolute atomic E-state index is 11.7. The lowest BCUT2D eigenvalue weighted by molar-refractivity contribution is -0.137. The molecule has 0 saturated carbocycles. The third-order valence-electron chi connectivity index (χ3n) is 2.34. The van der Waals surface area contributed by atoms with Gasteiger partial charge in [-0.2, -0.15) is 0 Å². The number of aryl methyl sites for hydroxylation is 1. The highest BCUT2D eigenvalue weighted by molar-refractivity contribution is 7.95. The quantitative estimate of drug-likeness (QED) is 0.652. The van der Waals surface area contributed by atoms with Crippen LogP contribution in [0.1, 0.15) is 18.5 Å². The van der Waals surface area contributed by atoms with Crippen LogP contribution in [0.4, 0.5) is 5.13 Å². The number of hydrogen-bond acceptors (Lipinski definition) is 7. The summed E-state index contributed by atoms with van der Waals surface area (Å²) >= 11 is 1.07. The van der Waals surface area contributed by atoms with Crippen molar-refractivity contribution in [2.75, 3.05) is 22.5 Å². The van der Waals surface area contributed by atoms with E-state index in [1.54, 1.807) is 5.38 Å². The molecule has 1 rings (SSSR count). The van der Waals surface area contributed by atoms with E-state index < -0.39 is 37.3 Å². The minimum atomic E-state index is -3.76. The Hall–Kier alpha value is -1.20. The number of carboxylic acids is 1. The lowest BCUT2D eigenvalue weighted by Gasteiger charge is -2.03. The van der Waals surface area contributed by atoms with E-state index in [1.807, 2.05) is 0 Å². The minimum Gasteiger partial charge on any atom is -0.481 e. The first kappa shape index (κ1) is 17.9. The summed E-state index contributed by atoms with van der Waals surface area (Å²) in [7, 11) is -7.12. The predicted octanol–water partition coefficient (Wildman–Crippen LogP) is 0.337. The van der Waals surface area contributed by atoms with Gasteiger partial charge in [-0.1, -0.05) is 0 Å². The van der Waals surface area contributed by atoms with Crippen molar-refractivity contribution < 1.29 is 26.7 Å². The molecule has 1 aromatic heterocycles. The number of hydrogen-bond donors (Lipinski definition) is 2. The number of nitrogens with zero attached hydrogens (tertiary/aromatic N) is 1. The molecule has 0 radical (unpaired) electrons. The maximum atomic E-state index is 11.7. The van der Waals surface area contributed by atoms with Gasteiger partial charge in [-0.25, -0.2) is 21.8 Å². The van der Waals surface area contributed by atoms with Crippen LogP contribution in [0.5, 0.6) is 0 Å². The maximum Gasteiger partial charge on any atom is 0.303 e. The van der Waals surface area contributed by atoms with Crippen LogP contribution in [0.3, 0.4) is 0 Å². The molecule has 2 N–H and O–H groups in total. The highest BCUT2D eigenvalue weighted by atomic mass is 32.2. The molecule has 0 saturated heterocycles. The fourth-order valence-electron chi connectivity index (χ4n) is 1.33. The molecule has 0 aliphatic heterocycles. The van der Waals surface area contributed by atoms with Crippen LogP contribution in [0.15, 0.2) is 5.38 Å². The molecule has 1 aromatic rings. The fourth-order valence-corrected chi connectivity index (χ4v) is 5.00. The average Bonchev–Trinajstić information content (AvgIpc) is 2.72. The van der Waals surface area contributed by atoms with Gasteiger partial charge in [0.05, 0.1) is 17.2 Å². The third kappa shape index (κ3) is 7.97. The van der Waals surface area contributed by atoms with E-state index >= 15 is 0 Å². The first-order valence-electron chi connectivity index (χ1n) is 5.92. The Morgan fingerprint density at radius 3 is 2.57 bits per heavy atom. The van der Waals surface area contributed by atoms with Crippen molar-refractivity contribution in [2.45, 2.75) is 19.3 Å². The molecular weight excluding hydrogens is 340 g/mol. The second-order valence-corrected chi connectivity index (χ2v) is 9.40. The van der Waals surface area contributed by atoms with Crippen LogP contribution in [-0.2, 0) is 31.1 Å². The molecule has 1 heterocycles. The Morgan fingerprint density at radius 2 is 2.00 bits per heavy atom. The molecule has 0 aliphatic carbocycles. The number of aliphatic carboxylic acids is 1. The van der Waals surface area contributed by atoms with Gasteiger partial charge in [-0.3, -0.25) is 9.52 Å². The molecule has 0 aliphatic rings. The monoisotopic (exact) mass is 356 g/mol. The zero-order chi connectivity index (χ0) is 16.1. The molecule has 0 fully saturated rings. The molecule has 0 amide bonds. The molecule has 0 aromatic carbocycles. The van der Waals surface area contributed by atoms with Crippen molar-refractivity contribution >= 4 is 42.3 Å². The normalized spacial score (nSPS) is 12.2. The summed E-state index contributed by atoms with van der Waals surface area (Å²) < 4.78 is 47.5. The number of carboxylic acid groups (broad SMARTS) is 1. The smallest absolute Gasteiger partial charge is 0.303 e. The van der Waals surface area contributed by atoms with Gasteiger partial charge < -0.3 is 5.11 Å². The van der Waals surface area contributed by atoms with E-state index in [1.165, 1.54) is 0 Å². The number of carbonyl (C=O) groups is 1. The van der Waals surface area contributed by atoms with E-state index in [0.717, 1.165) is 17.6 Å². The van der Waals surface area contributed by atoms with Crippen LogP contribution in [-0.4, -0.2) is 50.7 Å². The molecule has 21 heavy (non-hydrogen) atoms. The van der Waals surface area contributed by atoms with Gasteiger partial charge in [0.1, 0.15) is 9.84 Å². The molecule has 120 valence electrons. The van der Waals surface area contributed by atoms with Crippen LogP contribution in [0.2, 0.25) is 0 Å². The van der Waals surface area contributed by atoms with E-state index in [9.17, 15) is 21.6 Å². The van der Waals surface area contributed by atoms with Crippen molar-refractivity contribution in [3.63, 3.8) is 0 Å². The van der Waals surface area contributed by atoms with Crippen molar-refractivity contribution in [1.82, 2.24) is 4.98 Å². The van der Waals surface area contributed by atoms with Gasteiger partial charge in [-0.05, 0) is 12.8 Å². The molecule has 0 unspecified atom stereocenters. The Labute approximate surface area is 127 Å². The summed E-state index contributed by atoms with van der Waals surface area (Å²) in [5.41, 5.74) is 0.599. The Bertz CT molecular complexity index is 692.